The summed E-state index contributed by atoms with van der Waals surface area (Å²) in [7, 11) is 0. The summed E-state index contributed by atoms with van der Waals surface area (Å²) in [6.45, 7) is 4.58. The Bertz CT molecular complexity index is 2190. The Balaban J connectivity index is 1.72. The van der Waals surface area contributed by atoms with Gasteiger partial charge in [0, 0.05) is 23.5 Å². The van der Waals surface area contributed by atoms with Crippen molar-refractivity contribution in [1.82, 2.24) is 14.0 Å². The van der Waals surface area contributed by atoms with Gasteiger partial charge in [0.15, 0.2) is 5.78 Å². The first-order valence-corrected chi connectivity index (χ1v) is 17.0. The SMILES string of the molecule is CCN1C(=CC=c2s/c(=c3\sc(=C4SC(=S)N(CC(=O)O)C4=O)n(CC)c3=O)n(CC(=O)O)c2=O)Sc2ccc(C(C)=O)cc21. The predicted molar refractivity (Wildman–Crippen MR) is 178 cm³/mol. The molecule has 0 saturated carbocycles. The highest BCUT2D eigenvalue weighted by atomic mass is 32.2. The van der Waals surface area contributed by atoms with Crippen molar-refractivity contribution < 1.29 is 29.4 Å². The van der Waals surface area contributed by atoms with E-state index in [0.717, 1.165) is 59.5 Å². The summed E-state index contributed by atoms with van der Waals surface area (Å²) in [5.74, 6) is -3.23. The van der Waals surface area contributed by atoms with Crippen LogP contribution in [-0.4, -0.2) is 65.3 Å². The molecule has 4 heterocycles. The fourth-order valence-corrected chi connectivity index (χ4v) is 9.60. The molecule has 1 amide bonds. The lowest BCUT2D eigenvalue weighted by atomic mass is 10.1. The Morgan fingerprint density at radius 1 is 0.867 bits per heavy atom. The van der Waals surface area contributed by atoms with Gasteiger partial charge in [-0.05, 0) is 45.1 Å². The van der Waals surface area contributed by atoms with Crippen molar-refractivity contribution in [3.63, 3.8) is 0 Å². The number of rotatable bonds is 8. The third-order valence-electron chi connectivity index (χ3n) is 6.76. The Labute approximate surface area is 275 Å². The topological polar surface area (TPSA) is 159 Å². The molecule has 2 aliphatic rings. The Morgan fingerprint density at radius 2 is 1.58 bits per heavy atom. The molecule has 0 atom stereocenters. The number of thiocarbonyl (C=S) groups is 1. The molecule has 0 radical (unpaired) electrons. The summed E-state index contributed by atoms with van der Waals surface area (Å²) in [4.78, 5) is 79.1. The maximum Gasteiger partial charge on any atom is 0.323 e. The Hall–Kier alpha value is -3.77. The minimum absolute atomic E-state index is 0.0388. The van der Waals surface area contributed by atoms with Gasteiger partial charge in [0.1, 0.15) is 36.2 Å². The van der Waals surface area contributed by atoms with Crippen molar-refractivity contribution >= 4 is 103 Å². The van der Waals surface area contributed by atoms with Crippen LogP contribution >= 0.6 is 58.4 Å². The molecular formula is C28H24N4O8S5. The molecule has 45 heavy (non-hydrogen) atoms. The fraction of sp³-hybridized carbons (Fsp3) is 0.250. The largest absolute Gasteiger partial charge is 0.480 e. The number of Topliss-reactive ketones (excluding diaryl/α,β-unsaturated/α-hetero) is 1. The first-order chi connectivity index (χ1) is 21.4. The molecule has 0 aliphatic carbocycles. The van der Waals surface area contributed by atoms with E-state index < -0.39 is 42.1 Å². The van der Waals surface area contributed by atoms with E-state index in [0.29, 0.717) is 12.1 Å². The molecule has 12 nitrogen and oxygen atoms in total. The minimum atomic E-state index is -1.28. The zero-order valence-electron chi connectivity index (χ0n) is 23.9. The lowest BCUT2D eigenvalue weighted by Crippen LogP contribution is -2.34. The van der Waals surface area contributed by atoms with E-state index in [4.69, 9.17) is 12.2 Å². The number of benzene rings is 1. The number of carbonyl (C=O) groups is 4. The van der Waals surface area contributed by atoms with Crippen LogP contribution in [0.4, 0.5) is 5.69 Å². The summed E-state index contributed by atoms with van der Waals surface area (Å²) < 4.78 is 3.02. The molecule has 0 bridgehead atoms. The maximum atomic E-state index is 13.6. The predicted octanol–water partition coefficient (Wildman–Crippen LogP) is 2.03. The van der Waals surface area contributed by atoms with E-state index in [2.05, 4.69) is 0 Å². The van der Waals surface area contributed by atoms with Gasteiger partial charge in [-0.3, -0.25) is 42.8 Å². The lowest BCUT2D eigenvalue weighted by Gasteiger charge is -2.18. The van der Waals surface area contributed by atoms with Gasteiger partial charge in [-0.25, -0.2) is 0 Å². The van der Waals surface area contributed by atoms with E-state index in [1.807, 2.05) is 24.0 Å². The zero-order chi connectivity index (χ0) is 32.7. The van der Waals surface area contributed by atoms with Crippen molar-refractivity contribution in [1.29, 1.82) is 0 Å². The van der Waals surface area contributed by atoms with Crippen LogP contribution in [0.1, 0.15) is 31.1 Å². The normalized spacial score (nSPS) is 17.9. The molecule has 1 saturated heterocycles. The van der Waals surface area contributed by atoms with Crippen LogP contribution in [0.3, 0.4) is 0 Å². The van der Waals surface area contributed by atoms with Crippen molar-refractivity contribution in [2.24, 2.45) is 0 Å². The monoisotopic (exact) mass is 704 g/mol. The van der Waals surface area contributed by atoms with E-state index in [9.17, 15) is 39.0 Å². The van der Waals surface area contributed by atoms with Gasteiger partial charge in [-0.15, -0.1) is 22.7 Å². The number of carboxylic acids is 2. The second kappa shape index (κ2) is 12.9. The number of anilines is 1. The zero-order valence-corrected chi connectivity index (χ0v) is 28.0. The molecule has 0 spiro atoms. The van der Waals surface area contributed by atoms with Crippen molar-refractivity contribution in [2.75, 3.05) is 18.0 Å². The number of carboxylic acid groups (broad SMARTS) is 2. The van der Waals surface area contributed by atoms with E-state index in [1.54, 1.807) is 25.1 Å². The van der Waals surface area contributed by atoms with Crippen LogP contribution < -0.4 is 25.2 Å². The number of aromatic nitrogens is 2. The van der Waals surface area contributed by atoms with Crippen LogP contribution in [0.15, 0.2) is 43.8 Å². The van der Waals surface area contributed by atoms with E-state index >= 15 is 0 Å². The van der Waals surface area contributed by atoms with Crippen LogP contribution in [0.5, 0.6) is 0 Å². The molecule has 2 N–H and O–H groups in total. The average Bonchev–Trinajstić information content (AvgIpc) is 3.68. The second-order valence-electron chi connectivity index (χ2n) is 9.58. The van der Waals surface area contributed by atoms with Crippen LogP contribution in [-0.2, 0) is 27.5 Å². The maximum absolute atomic E-state index is 13.6. The summed E-state index contributed by atoms with van der Waals surface area (Å²) in [5, 5.41) is 19.6. The molecule has 17 heteroatoms. The van der Waals surface area contributed by atoms with Gasteiger partial charge in [-0.2, -0.15) is 0 Å². The number of amides is 1. The van der Waals surface area contributed by atoms with Gasteiger partial charge in [0.25, 0.3) is 17.0 Å². The molecule has 2 aromatic heterocycles. The molecule has 3 aromatic rings. The van der Waals surface area contributed by atoms with Crippen LogP contribution in [0.25, 0.3) is 11.0 Å². The second-order valence-corrected chi connectivity index (χ2v) is 14.3. The Morgan fingerprint density at radius 3 is 2.20 bits per heavy atom. The highest BCUT2D eigenvalue weighted by molar-refractivity contribution is 8.30. The number of thiazole rings is 2. The quantitative estimate of drug-likeness (QED) is 0.260. The summed E-state index contributed by atoms with van der Waals surface area (Å²) >= 11 is 9.44. The van der Waals surface area contributed by atoms with Gasteiger partial charge in [0.05, 0.1) is 15.2 Å². The van der Waals surface area contributed by atoms with Gasteiger partial charge in [-0.1, -0.05) is 41.8 Å². The molecule has 1 aromatic carbocycles. The molecule has 5 rings (SSSR count). The number of aliphatic carboxylic acids is 2. The first kappa shape index (κ1) is 32.6. The highest BCUT2D eigenvalue weighted by Gasteiger charge is 2.35. The molecule has 2 aliphatic heterocycles. The standard InChI is InChI=1S/C28H24N4O8S5/c1-4-29-15-10-14(13(3)33)6-7-16(15)42-18(29)9-8-17-23(38)31(11-19(34)35)27(43-17)21-24(39)30(5-2)26(44-21)22-25(40)32(12-20(36)37)28(41)45-22/h6-10H,4-5,11-12H2,1-3H3,(H,34,35)(H,36,37)/b17-8?,18-9?,26-22?,27-21-. The average molecular weight is 705 g/mol. The lowest BCUT2D eigenvalue weighted by molar-refractivity contribution is -0.140. The smallest absolute Gasteiger partial charge is 0.323 e. The fourth-order valence-electron chi connectivity index (χ4n) is 4.70. The van der Waals surface area contributed by atoms with Gasteiger partial charge in [0.2, 0.25) is 0 Å². The number of fused-ring (bicyclic) bond motifs is 1. The summed E-state index contributed by atoms with van der Waals surface area (Å²) in [6, 6.07) is 5.45. The van der Waals surface area contributed by atoms with Crippen molar-refractivity contribution in [3.05, 3.63) is 74.0 Å². The number of thioether (sulfide) groups is 2. The third-order valence-corrected chi connectivity index (χ3v) is 11.9. The van der Waals surface area contributed by atoms with E-state index in [-0.39, 0.29) is 39.9 Å². The summed E-state index contributed by atoms with van der Waals surface area (Å²) in [6.07, 6.45) is 3.33. The number of allylic oxidation sites excluding steroid dienone is 1. The minimum Gasteiger partial charge on any atom is -0.480 e. The van der Waals surface area contributed by atoms with Crippen LogP contribution in [0, 0.1) is 9.20 Å². The van der Waals surface area contributed by atoms with Gasteiger partial charge >= 0.3 is 11.9 Å². The van der Waals surface area contributed by atoms with Gasteiger partial charge < -0.3 is 15.1 Å². The number of nitrogens with zero attached hydrogens (tertiary/aromatic N) is 4. The number of hydrogen-bond acceptors (Lipinski definition) is 12. The third kappa shape index (κ3) is 6.09. The van der Waals surface area contributed by atoms with Crippen molar-refractivity contribution in [3.8, 4) is 0 Å². The van der Waals surface area contributed by atoms with E-state index in [1.165, 1.54) is 23.3 Å². The van der Waals surface area contributed by atoms with Crippen molar-refractivity contribution in [2.45, 2.75) is 38.8 Å². The molecular weight excluding hydrogens is 681 g/mol. The molecule has 0 unspecified atom stereocenters. The Kier molecular flexibility index (Phi) is 9.36. The summed E-state index contributed by atoms with van der Waals surface area (Å²) in [5.41, 5.74) is 0.334. The number of carbonyl (C=O) groups excluding carboxylic acids is 2. The number of ketones is 1. The first-order valence-electron chi connectivity index (χ1n) is 13.3. The molecule has 1 fully saturated rings. The highest BCUT2D eigenvalue weighted by Crippen LogP contribution is 2.46. The van der Waals surface area contributed by atoms with Crippen LogP contribution in [0.2, 0.25) is 0 Å². The number of hydrogen-bond donors (Lipinski definition) is 2. The molecule has 234 valence electrons.